The maximum atomic E-state index is 12.9. The molecule has 1 fully saturated rings. The fourth-order valence-electron chi connectivity index (χ4n) is 3.05. The molecule has 1 N–H and O–H groups in total. The summed E-state index contributed by atoms with van der Waals surface area (Å²) in [5, 5.41) is 12.2. The number of carbonyl (C=O) groups is 1. The van der Waals surface area contributed by atoms with E-state index in [1.807, 2.05) is 19.1 Å². The molecule has 3 heterocycles. The van der Waals surface area contributed by atoms with Gasteiger partial charge in [-0.1, -0.05) is 28.8 Å². The molecule has 4 rings (SSSR count). The Morgan fingerprint density at radius 3 is 2.97 bits per heavy atom. The summed E-state index contributed by atoms with van der Waals surface area (Å²) in [6.45, 7) is 4.26. The minimum atomic E-state index is -0.294. The van der Waals surface area contributed by atoms with Crippen LogP contribution in [-0.2, 0) is 11.3 Å². The molecule has 0 spiro atoms. The standard InChI is InChI=1S/C20H20ClN5O3S/c1-13-11-28-10-9-26(13)17-16(3-2-8-22-17)18(27)23-19-24-25-20(30-19)29-12-14-4-6-15(21)7-5-14/h2-8,13H,9-12H2,1H3,(H,23,24,27)/t13-/m0/s1. The highest BCUT2D eigenvalue weighted by Gasteiger charge is 2.25. The normalized spacial score (nSPS) is 16.3. The molecule has 0 radical (unpaired) electrons. The van der Waals surface area contributed by atoms with E-state index >= 15 is 0 Å². The van der Waals surface area contributed by atoms with E-state index in [2.05, 4.69) is 25.4 Å². The molecule has 8 nitrogen and oxygen atoms in total. The number of amides is 1. The number of hydrogen-bond acceptors (Lipinski definition) is 8. The lowest BCUT2D eigenvalue weighted by Crippen LogP contribution is -2.45. The number of morpholine rings is 1. The van der Waals surface area contributed by atoms with E-state index < -0.39 is 0 Å². The molecule has 156 valence electrons. The minimum absolute atomic E-state index is 0.134. The molecule has 1 atom stereocenters. The molecule has 1 aliphatic heterocycles. The lowest BCUT2D eigenvalue weighted by molar-refractivity contribution is 0.0972. The van der Waals surface area contributed by atoms with Gasteiger partial charge in [-0.15, -0.1) is 5.10 Å². The highest BCUT2D eigenvalue weighted by atomic mass is 35.5. The predicted octanol–water partition coefficient (Wildman–Crippen LogP) is 3.64. The second kappa shape index (κ2) is 9.38. The Kier molecular flexibility index (Phi) is 6.41. The molecule has 2 aromatic heterocycles. The van der Waals surface area contributed by atoms with Crippen molar-refractivity contribution >= 4 is 39.8 Å². The second-order valence-corrected chi connectivity index (χ2v) is 8.11. The van der Waals surface area contributed by atoms with Crippen molar-refractivity contribution < 1.29 is 14.3 Å². The van der Waals surface area contributed by atoms with Crippen LogP contribution in [0.25, 0.3) is 0 Å². The van der Waals surface area contributed by atoms with Crippen molar-refractivity contribution in [3.63, 3.8) is 0 Å². The van der Waals surface area contributed by atoms with E-state index in [1.54, 1.807) is 30.5 Å². The van der Waals surface area contributed by atoms with Gasteiger partial charge in [0, 0.05) is 17.8 Å². The Hall–Kier alpha value is -2.75. The Labute approximate surface area is 182 Å². The summed E-state index contributed by atoms with van der Waals surface area (Å²) in [6.07, 6.45) is 1.68. The number of halogens is 1. The molecule has 1 aromatic carbocycles. The first-order valence-corrected chi connectivity index (χ1v) is 10.6. The van der Waals surface area contributed by atoms with E-state index in [0.717, 1.165) is 16.9 Å². The van der Waals surface area contributed by atoms with E-state index in [4.69, 9.17) is 21.1 Å². The van der Waals surface area contributed by atoms with Crippen molar-refractivity contribution in [3.05, 3.63) is 58.7 Å². The number of benzene rings is 1. The monoisotopic (exact) mass is 445 g/mol. The van der Waals surface area contributed by atoms with Crippen LogP contribution in [0.3, 0.4) is 0 Å². The van der Waals surface area contributed by atoms with Crippen molar-refractivity contribution in [2.45, 2.75) is 19.6 Å². The van der Waals surface area contributed by atoms with Crippen LogP contribution in [0.4, 0.5) is 10.9 Å². The summed E-state index contributed by atoms with van der Waals surface area (Å²) in [7, 11) is 0. The Morgan fingerprint density at radius 2 is 2.17 bits per heavy atom. The molecule has 0 unspecified atom stereocenters. The summed E-state index contributed by atoms with van der Waals surface area (Å²) in [4.78, 5) is 19.4. The first-order chi connectivity index (χ1) is 14.6. The largest absolute Gasteiger partial charge is 0.464 e. The maximum Gasteiger partial charge on any atom is 0.296 e. The van der Waals surface area contributed by atoms with Crippen LogP contribution < -0.4 is 15.0 Å². The number of carbonyl (C=O) groups excluding carboxylic acids is 1. The molecular weight excluding hydrogens is 426 g/mol. The number of nitrogens with zero attached hydrogens (tertiary/aromatic N) is 4. The van der Waals surface area contributed by atoms with Gasteiger partial charge in [-0.05, 0) is 48.1 Å². The Morgan fingerprint density at radius 1 is 1.33 bits per heavy atom. The number of anilines is 2. The topological polar surface area (TPSA) is 89.5 Å². The molecule has 0 aliphatic carbocycles. The SMILES string of the molecule is C[C@H]1COCCN1c1ncccc1C(=O)Nc1nnc(OCc2ccc(Cl)cc2)s1. The van der Waals surface area contributed by atoms with Gasteiger partial charge in [0.15, 0.2) is 0 Å². The van der Waals surface area contributed by atoms with Gasteiger partial charge in [-0.3, -0.25) is 10.1 Å². The van der Waals surface area contributed by atoms with Gasteiger partial charge in [0.2, 0.25) is 5.13 Å². The first-order valence-electron chi connectivity index (χ1n) is 9.41. The summed E-state index contributed by atoms with van der Waals surface area (Å²) < 4.78 is 11.1. The summed E-state index contributed by atoms with van der Waals surface area (Å²) in [5.74, 6) is 0.340. The quantitative estimate of drug-likeness (QED) is 0.619. The molecular formula is C20H20ClN5O3S. The van der Waals surface area contributed by atoms with Crippen LogP contribution in [0.5, 0.6) is 5.19 Å². The molecule has 1 amide bonds. The van der Waals surface area contributed by atoms with Gasteiger partial charge in [0.25, 0.3) is 11.1 Å². The van der Waals surface area contributed by atoms with Crippen molar-refractivity contribution in [2.24, 2.45) is 0 Å². The van der Waals surface area contributed by atoms with Gasteiger partial charge in [-0.2, -0.15) is 0 Å². The van der Waals surface area contributed by atoms with Crippen molar-refractivity contribution in [2.75, 3.05) is 30.0 Å². The number of pyridine rings is 1. The van der Waals surface area contributed by atoms with Gasteiger partial charge in [0.1, 0.15) is 12.4 Å². The maximum absolute atomic E-state index is 12.9. The van der Waals surface area contributed by atoms with Crippen LogP contribution in [-0.4, -0.2) is 46.9 Å². The zero-order valence-electron chi connectivity index (χ0n) is 16.2. The summed E-state index contributed by atoms with van der Waals surface area (Å²) >= 11 is 7.05. The molecule has 0 saturated carbocycles. The highest BCUT2D eigenvalue weighted by molar-refractivity contribution is 7.17. The fraction of sp³-hybridized carbons (Fsp3) is 0.300. The summed E-state index contributed by atoms with van der Waals surface area (Å²) in [5.41, 5.74) is 1.44. The van der Waals surface area contributed by atoms with Gasteiger partial charge < -0.3 is 14.4 Å². The lowest BCUT2D eigenvalue weighted by atomic mass is 10.2. The third-order valence-electron chi connectivity index (χ3n) is 4.57. The molecule has 1 aliphatic rings. The highest BCUT2D eigenvalue weighted by Crippen LogP contribution is 2.26. The predicted molar refractivity (Wildman–Crippen MR) is 116 cm³/mol. The van der Waals surface area contributed by atoms with Crippen molar-refractivity contribution in [1.29, 1.82) is 0 Å². The smallest absolute Gasteiger partial charge is 0.296 e. The van der Waals surface area contributed by atoms with Crippen LogP contribution in [0.1, 0.15) is 22.8 Å². The van der Waals surface area contributed by atoms with E-state index in [9.17, 15) is 4.79 Å². The molecule has 10 heteroatoms. The Bertz CT molecular complexity index is 1010. The zero-order valence-corrected chi connectivity index (χ0v) is 17.8. The number of hydrogen-bond donors (Lipinski definition) is 1. The summed E-state index contributed by atoms with van der Waals surface area (Å²) in [6, 6.07) is 11.0. The van der Waals surface area contributed by atoms with Crippen LogP contribution >= 0.6 is 22.9 Å². The van der Waals surface area contributed by atoms with Crippen molar-refractivity contribution in [3.8, 4) is 5.19 Å². The van der Waals surface area contributed by atoms with E-state index in [0.29, 0.717) is 53.1 Å². The number of nitrogens with one attached hydrogen (secondary N) is 1. The van der Waals surface area contributed by atoms with Crippen LogP contribution in [0.2, 0.25) is 5.02 Å². The lowest BCUT2D eigenvalue weighted by Gasteiger charge is -2.35. The van der Waals surface area contributed by atoms with Crippen molar-refractivity contribution in [1.82, 2.24) is 15.2 Å². The van der Waals surface area contributed by atoms with E-state index in [-0.39, 0.29) is 11.9 Å². The average Bonchev–Trinajstić information content (AvgIpc) is 3.21. The molecule has 3 aromatic rings. The number of ether oxygens (including phenoxy) is 2. The van der Waals surface area contributed by atoms with Crippen LogP contribution in [0, 0.1) is 0 Å². The minimum Gasteiger partial charge on any atom is -0.464 e. The molecule has 0 bridgehead atoms. The van der Waals surface area contributed by atoms with E-state index in [1.165, 1.54) is 0 Å². The second-order valence-electron chi connectivity index (χ2n) is 6.73. The van der Waals surface area contributed by atoms with Crippen LogP contribution in [0.15, 0.2) is 42.6 Å². The Balaban J connectivity index is 1.42. The third kappa shape index (κ3) is 4.86. The third-order valence-corrected chi connectivity index (χ3v) is 5.58. The van der Waals surface area contributed by atoms with Gasteiger partial charge in [0.05, 0.1) is 24.8 Å². The first kappa shape index (κ1) is 20.5. The molecule has 1 saturated heterocycles. The van der Waals surface area contributed by atoms with Gasteiger partial charge in [-0.25, -0.2) is 4.98 Å². The number of aromatic nitrogens is 3. The molecule has 30 heavy (non-hydrogen) atoms. The average molecular weight is 446 g/mol. The fourth-order valence-corrected chi connectivity index (χ4v) is 3.77. The zero-order chi connectivity index (χ0) is 20.9. The van der Waals surface area contributed by atoms with Gasteiger partial charge >= 0.3 is 0 Å². The number of rotatable bonds is 6.